The van der Waals surface area contributed by atoms with Crippen molar-refractivity contribution in [1.82, 2.24) is 14.8 Å². The molecular formula is C19H15BrN4O. The third-order valence-corrected chi connectivity index (χ3v) is 4.51. The summed E-state index contributed by atoms with van der Waals surface area (Å²) in [4.78, 5) is 15.7. The summed E-state index contributed by atoms with van der Waals surface area (Å²) in [7, 11) is 0. The summed E-state index contributed by atoms with van der Waals surface area (Å²) in [6, 6.07) is 19.5. The van der Waals surface area contributed by atoms with Gasteiger partial charge < -0.3 is 10.3 Å². The van der Waals surface area contributed by atoms with Gasteiger partial charge >= 0.3 is 0 Å². The van der Waals surface area contributed by atoms with Crippen LogP contribution in [0.4, 0.5) is 5.82 Å². The molecule has 4 aromatic rings. The molecule has 1 amide bonds. The largest absolute Gasteiger partial charge is 0.351 e. The second kappa shape index (κ2) is 6.57. The van der Waals surface area contributed by atoms with E-state index < -0.39 is 0 Å². The Bertz CT molecular complexity index is 1000. The second-order valence-corrected chi connectivity index (χ2v) is 6.64. The van der Waals surface area contributed by atoms with Gasteiger partial charge in [0.15, 0.2) is 0 Å². The number of anilines is 1. The number of nitrogens with zero attached hydrogens (tertiary/aromatic N) is 2. The molecule has 0 spiro atoms. The van der Waals surface area contributed by atoms with Crippen LogP contribution in [-0.2, 0) is 6.54 Å². The van der Waals surface area contributed by atoms with Gasteiger partial charge in [0.1, 0.15) is 11.5 Å². The highest BCUT2D eigenvalue weighted by Gasteiger charge is 2.12. The topological polar surface area (TPSA) is 62.7 Å². The normalized spacial score (nSPS) is 10.9. The van der Waals surface area contributed by atoms with Crippen LogP contribution in [0.25, 0.3) is 10.9 Å². The van der Waals surface area contributed by atoms with Crippen molar-refractivity contribution >= 4 is 38.6 Å². The first-order valence-corrected chi connectivity index (χ1v) is 8.64. The molecule has 5 nitrogen and oxygen atoms in total. The third kappa shape index (κ3) is 3.34. The Kier molecular flexibility index (Phi) is 4.11. The lowest BCUT2D eigenvalue weighted by Crippen LogP contribution is -2.16. The summed E-state index contributed by atoms with van der Waals surface area (Å²) in [5, 5.41) is 8.23. The maximum atomic E-state index is 12.5. The first kappa shape index (κ1) is 15.7. The molecule has 6 heteroatoms. The minimum absolute atomic E-state index is 0.186. The van der Waals surface area contributed by atoms with Crippen molar-refractivity contribution in [3.05, 3.63) is 82.6 Å². The van der Waals surface area contributed by atoms with Crippen molar-refractivity contribution in [3.8, 4) is 0 Å². The van der Waals surface area contributed by atoms with Gasteiger partial charge in [0.05, 0.1) is 12.7 Å². The lowest BCUT2D eigenvalue weighted by atomic mass is 10.2. The van der Waals surface area contributed by atoms with E-state index in [9.17, 15) is 4.79 Å². The summed E-state index contributed by atoms with van der Waals surface area (Å²) in [5.41, 5.74) is 2.57. The molecule has 0 saturated carbocycles. The van der Waals surface area contributed by atoms with E-state index in [1.165, 1.54) is 0 Å². The summed E-state index contributed by atoms with van der Waals surface area (Å²) >= 11 is 3.43. The highest BCUT2D eigenvalue weighted by Crippen LogP contribution is 2.17. The first-order valence-electron chi connectivity index (χ1n) is 7.84. The molecule has 0 radical (unpaired) electrons. The van der Waals surface area contributed by atoms with Gasteiger partial charge in [0.2, 0.25) is 0 Å². The van der Waals surface area contributed by atoms with Crippen molar-refractivity contribution in [3.63, 3.8) is 0 Å². The number of carbonyl (C=O) groups is 1. The number of aromatic amines is 1. The number of hydrogen-bond acceptors (Lipinski definition) is 2. The van der Waals surface area contributed by atoms with Gasteiger partial charge in [-0.15, -0.1) is 0 Å². The van der Waals surface area contributed by atoms with Crippen molar-refractivity contribution in [1.29, 1.82) is 0 Å². The Labute approximate surface area is 152 Å². The number of aromatic nitrogens is 3. The number of rotatable bonds is 4. The molecule has 2 heterocycles. The van der Waals surface area contributed by atoms with Crippen molar-refractivity contribution < 1.29 is 4.79 Å². The Hall–Kier alpha value is -2.86. The zero-order chi connectivity index (χ0) is 17.2. The maximum Gasteiger partial charge on any atom is 0.273 e. The fraction of sp³-hybridized carbons (Fsp3) is 0.0526. The molecular weight excluding hydrogens is 380 g/mol. The number of carbonyl (C=O) groups excluding carboxylic acids is 1. The number of H-pyrrole nitrogens is 1. The van der Waals surface area contributed by atoms with Crippen molar-refractivity contribution in [2.24, 2.45) is 0 Å². The standard InChI is InChI=1S/C19H15BrN4O/c20-15-7-5-13(6-8-15)12-24-18(9-10-21-24)23-19(25)17-11-14-3-1-2-4-16(14)22-17/h1-11,22H,12H2,(H,23,25). The fourth-order valence-corrected chi connectivity index (χ4v) is 2.97. The zero-order valence-electron chi connectivity index (χ0n) is 13.2. The van der Waals surface area contributed by atoms with E-state index in [2.05, 4.69) is 31.3 Å². The predicted molar refractivity (Wildman–Crippen MR) is 102 cm³/mol. The summed E-state index contributed by atoms with van der Waals surface area (Å²) in [5.74, 6) is 0.473. The molecule has 2 aromatic heterocycles. The van der Waals surface area contributed by atoms with E-state index in [-0.39, 0.29) is 5.91 Å². The maximum absolute atomic E-state index is 12.5. The molecule has 0 atom stereocenters. The van der Waals surface area contributed by atoms with Gasteiger partial charge in [-0.25, -0.2) is 4.68 Å². The quantitative estimate of drug-likeness (QED) is 0.537. The van der Waals surface area contributed by atoms with E-state index in [4.69, 9.17) is 0 Å². The van der Waals surface area contributed by atoms with Crippen LogP contribution in [0.2, 0.25) is 0 Å². The van der Waals surface area contributed by atoms with Gasteiger partial charge in [0, 0.05) is 21.4 Å². The molecule has 0 aliphatic heterocycles. The molecule has 0 bridgehead atoms. The lowest BCUT2D eigenvalue weighted by Gasteiger charge is -2.08. The predicted octanol–water partition coefficient (Wildman–Crippen LogP) is 4.43. The van der Waals surface area contributed by atoms with E-state index >= 15 is 0 Å². The van der Waals surface area contributed by atoms with Crippen LogP contribution in [0.5, 0.6) is 0 Å². The number of benzene rings is 2. The number of amides is 1. The number of halogens is 1. The number of nitrogens with one attached hydrogen (secondary N) is 2. The van der Waals surface area contributed by atoms with Gasteiger partial charge in [-0.3, -0.25) is 4.79 Å². The molecule has 0 saturated heterocycles. The smallest absolute Gasteiger partial charge is 0.273 e. The number of fused-ring (bicyclic) bond motifs is 1. The van der Waals surface area contributed by atoms with E-state index in [1.54, 1.807) is 16.9 Å². The Morgan fingerprint density at radius 2 is 1.92 bits per heavy atom. The Morgan fingerprint density at radius 3 is 2.72 bits per heavy atom. The van der Waals surface area contributed by atoms with Crippen LogP contribution >= 0.6 is 15.9 Å². The van der Waals surface area contributed by atoms with Crippen LogP contribution in [0.1, 0.15) is 16.1 Å². The highest BCUT2D eigenvalue weighted by atomic mass is 79.9. The Morgan fingerprint density at radius 1 is 1.12 bits per heavy atom. The van der Waals surface area contributed by atoms with E-state index in [0.717, 1.165) is 20.9 Å². The molecule has 0 aliphatic carbocycles. The number of hydrogen-bond donors (Lipinski definition) is 2. The molecule has 0 fully saturated rings. The second-order valence-electron chi connectivity index (χ2n) is 5.72. The molecule has 4 rings (SSSR count). The minimum atomic E-state index is -0.186. The molecule has 124 valence electrons. The van der Waals surface area contributed by atoms with E-state index in [0.29, 0.717) is 18.1 Å². The van der Waals surface area contributed by atoms with E-state index in [1.807, 2.05) is 54.6 Å². The average Bonchev–Trinajstić information content (AvgIpc) is 3.24. The van der Waals surface area contributed by atoms with Crippen molar-refractivity contribution in [2.75, 3.05) is 5.32 Å². The molecule has 0 unspecified atom stereocenters. The molecule has 2 N–H and O–H groups in total. The van der Waals surface area contributed by atoms with Crippen LogP contribution in [0, 0.1) is 0 Å². The van der Waals surface area contributed by atoms with Gasteiger partial charge in [-0.2, -0.15) is 5.10 Å². The van der Waals surface area contributed by atoms with Crippen LogP contribution < -0.4 is 5.32 Å². The van der Waals surface area contributed by atoms with Crippen molar-refractivity contribution in [2.45, 2.75) is 6.54 Å². The Balaban J connectivity index is 1.53. The first-order chi connectivity index (χ1) is 12.2. The SMILES string of the molecule is O=C(Nc1ccnn1Cc1ccc(Br)cc1)c1cc2ccccc2[nH]1. The van der Waals surface area contributed by atoms with Gasteiger partial charge in [-0.1, -0.05) is 46.3 Å². The van der Waals surface area contributed by atoms with Crippen LogP contribution in [0.15, 0.2) is 71.3 Å². The molecule has 0 aliphatic rings. The monoisotopic (exact) mass is 394 g/mol. The third-order valence-electron chi connectivity index (χ3n) is 3.98. The fourth-order valence-electron chi connectivity index (χ4n) is 2.71. The summed E-state index contributed by atoms with van der Waals surface area (Å²) in [6.45, 7) is 0.586. The van der Waals surface area contributed by atoms with Gasteiger partial charge in [0.25, 0.3) is 5.91 Å². The minimum Gasteiger partial charge on any atom is -0.351 e. The molecule has 25 heavy (non-hydrogen) atoms. The zero-order valence-corrected chi connectivity index (χ0v) is 14.8. The molecule has 2 aromatic carbocycles. The highest BCUT2D eigenvalue weighted by molar-refractivity contribution is 9.10. The summed E-state index contributed by atoms with van der Waals surface area (Å²) < 4.78 is 2.80. The van der Waals surface area contributed by atoms with Gasteiger partial charge in [-0.05, 0) is 29.8 Å². The number of para-hydroxylation sites is 1. The lowest BCUT2D eigenvalue weighted by molar-refractivity contribution is 0.102. The van der Waals surface area contributed by atoms with Crippen LogP contribution in [0.3, 0.4) is 0 Å². The summed E-state index contributed by atoms with van der Waals surface area (Å²) in [6.07, 6.45) is 1.68. The average molecular weight is 395 g/mol. The van der Waals surface area contributed by atoms with Crippen LogP contribution in [-0.4, -0.2) is 20.7 Å².